The van der Waals surface area contributed by atoms with Crippen molar-refractivity contribution in [2.45, 2.75) is 19.3 Å². The summed E-state index contributed by atoms with van der Waals surface area (Å²) in [6.45, 7) is 3.33. The normalized spacial score (nSPS) is 14.9. The fourth-order valence-corrected chi connectivity index (χ4v) is 2.81. The van der Waals surface area contributed by atoms with E-state index in [0.717, 1.165) is 26.1 Å². The van der Waals surface area contributed by atoms with Crippen LogP contribution in [0.15, 0.2) is 54.6 Å². The van der Waals surface area contributed by atoms with Gasteiger partial charge < -0.3 is 10.2 Å². The molecule has 0 unspecified atom stereocenters. The number of para-hydroxylation sites is 2. The van der Waals surface area contributed by atoms with E-state index < -0.39 is 0 Å². The SMILES string of the molecule is c1ccc(CCN2CCCCNc3ccccc32)cc1. The molecule has 0 aromatic heterocycles. The third-order valence-corrected chi connectivity index (χ3v) is 3.93. The predicted molar refractivity (Wildman–Crippen MR) is 86.5 cm³/mol. The van der Waals surface area contributed by atoms with E-state index in [1.54, 1.807) is 0 Å². The number of hydrogen-bond donors (Lipinski definition) is 1. The molecule has 2 aromatic carbocycles. The van der Waals surface area contributed by atoms with Crippen LogP contribution in [0.3, 0.4) is 0 Å². The lowest BCUT2D eigenvalue weighted by Gasteiger charge is -2.29. The van der Waals surface area contributed by atoms with Crippen molar-refractivity contribution in [3.8, 4) is 0 Å². The van der Waals surface area contributed by atoms with Crippen LogP contribution in [0, 0.1) is 0 Å². The van der Waals surface area contributed by atoms with Gasteiger partial charge in [0.05, 0.1) is 11.4 Å². The molecule has 0 atom stereocenters. The van der Waals surface area contributed by atoms with E-state index in [4.69, 9.17) is 0 Å². The van der Waals surface area contributed by atoms with Crippen molar-refractivity contribution >= 4 is 11.4 Å². The highest BCUT2D eigenvalue weighted by molar-refractivity contribution is 5.70. The molecule has 0 spiro atoms. The Morgan fingerprint density at radius 3 is 2.60 bits per heavy atom. The van der Waals surface area contributed by atoms with Crippen LogP contribution in [0.1, 0.15) is 18.4 Å². The molecule has 2 aromatic rings. The Labute approximate surface area is 121 Å². The Hall–Kier alpha value is -1.96. The summed E-state index contributed by atoms with van der Waals surface area (Å²) in [5.74, 6) is 0. The highest BCUT2D eigenvalue weighted by Gasteiger charge is 2.13. The zero-order chi connectivity index (χ0) is 13.6. The first-order chi connectivity index (χ1) is 9.93. The number of nitrogens with one attached hydrogen (secondary N) is 1. The molecule has 0 bridgehead atoms. The van der Waals surface area contributed by atoms with E-state index in [1.807, 2.05) is 0 Å². The van der Waals surface area contributed by atoms with Gasteiger partial charge in [-0.3, -0.25) is 0 Å². The lowest BCUT2D eigenvalue weighted by atomic mass is 10.1. The second-order valence-electron chi connectivity index (χ2n) is 5.37. The maximum Gasteiger partial charge on any atom is 0.0602 e. The topological polar surface area (TPSA) is 15.3 Å². The molecular weight excluding hydrogens is 244 g/mol. The molecule has 1 heterocycles. The second-order valence-corrected chi connectivity index (χ2v) is 5.37. The van der Waals surface area contributed by atoms with Gasteiger partial charge in [0, 0.05) is 19.6 Å². The van der Waals surface area contributed by atoms with E-state index >= 15 is 0 Å². The molecule has 2 nitrogen and oxygen atoms in total. The van der Waals surface area contributed by atoms with Gasteiger partial charge in [0.25, 0.3) is 0 Å². The van der Waals surface area contributed by atoms with Gasteiger partial charge in [-0.15, -0.1) is 0 Å². The Bertz CT molecular complexity index is 536. The molecule has 0 radical (unpaired) electrons. The van der Waals surface area contributed by atoms with E-state index in [-0.39, 0.29) is 0 Å². The minimum Gasteiger partial charge on any atom is -0.383 e. The van der Waals surface area contributed by atoms with E-state index in [1.165, 1.54) is 29.8 Å². The average molecular weight is 266 g/mol. The van der Waals surface area contributed by atoms with Crippen LogP contribution < -0.4 is 10.2 Å². The Morgan fingerprint density at radius 2 is 1.70 bits per heavy atom. The molecule has 20 heavy (non-hydrogen) atoms. The number of rotatable bonds is 3. The van der Waals surface area contributed by atoms with Crippen molar-refractivity contribution in [1.82, 2.24) is 0 Å². The number of nitrogens with zero attached hydrogens (tertiary/aromatic N) is 1. The van der Waals surface area contributed by atoms with E-state index in [0.29, 0.717) is 0 Å². The summed E-state index contributed by atoms with van der Waals surface area (Å²) in [6.07, 6.45) is 3.61. The summed E-state index contributed by atoms with van der Waals surface area (Å²) >= 11 is 0. The molecule has 0 saturated heterocycles. The summed E-state index contributed by atoms with van der Waals surface area (Å²) in [6, 6.07) is 19.4. The molecule has 0 saturated carbocycles. The van der Waals surface area contributed by atoms with Crippen LogP contribution in [0.2, 0.25) is 0 Å². The minimum atomic E-state index is 1.09. The maximum absolute atomic E-state index is 3.55. The molecule has 0 fully saturated rings. The largest absolute Gasteiger partial charge is 0.383 e. The smallest absolute Gasteiger partial charge is 0.0602 e. The number of hydrogen-bond acceptors (Lipinski definition) is 2. The van der Waals surface area contributed by atoms with Gasteiger partial charge in [-0.05, 0) is 37.0 Å². The average Bonchev–Trinajstić information content (AvgIpc) is 2.49. The standard InChI is InChI=1S/C18H22N2/c1-2-8-16(9-3-1)12-15-20-14-7-6-13-19-17-10-4-5-11-18(17)20/h1-5,8-11,19H,6-7,12-15H2. The summed E-state index contributed by atoms with van der Waals surface area (Å²) in [7, 11) is 0. The summed E-state index contributed by atoms with van der Waals surface area (Å²) in [5.41, 5.74) is 4.04. The predicted octanol–water partition coefficient (Wildman–Crippen LogP) is 3.94. The highest BCUT2D eigenvalue weighted by Crippen LogP contribution is 2.27. The molecule has 2 heteroatoms. The maximum atomic E-state index is 3.55. The first kappa shape index (κ1) is 13.0. The Balaban J connectivity index is 1.75. The quantitative estimate of drug-likeness (QED) is 0.905. The number of benzene rings is 2. The third kappa shape index (κ3) is 3.13. The van der Waals surface area contributed by atoms with Gasteiger partial charge in [0.1, 0.15) is 0 Å². The Kier molecular flexibility index (Phi) is 4.22. The van der Waals surface area contributed by atoms with Gasteiger partial charge in [-0.25, -0.2) is 0 Å². The monoisotopic (exact) mass is 266 g/mol. The van der Waals surface area contributed by atoms with Crippen LogP contribution in [-0.4, -0.2) is 19.6 Å². The van der Waals surface area contributed by atoms with Gasteiger partial charge >= 0.3 is 0 Å². The van der Waals surface area contributed by atoms with Crippen molar-refractivity contribution in [2.24, 2.45) is 0 Å². The van der Waals surface area contributed by atoms with Crippen LogP contribution in [0.4, 0.5) is 11.4 Å². The van der Waals surface area contributed by atoms with Crippen molar-refractivity contribution < 1.29 is 0 Å². The van der Waals surface area contributed by atoms with E-state index in [9.17, 15) is 0 Å². The number of fused-ring (bicyclic) bond motifs is 1. The van der Waals surface area contributed by atoms with Crippen molar-refractivity contribution in [3.05, 3.63) is 60.2 Å². The summed E-state index contributed by atoms with van der Waals surface area (Å²) in [4.78, 5) is 2.52. The molecular formula is C18H22N2. The van der Waals surface area contributed by atoms with Crippen molar-refractivity contribution in [3.63, 3.8) is 0 Å². The van der Waals surface area contributed by atoms with Crippen molar-refractivity contribution in [2.75, 3.05) is 29.9 Å². The number of anilines is 2. The zero-order valence-electron chi connectivity index (χ0n) is 11.9. The molecule has 3 rings (SSSR count). The molecule has 0 aliphatic carbocycles. The zero-order valence-corrected chi connectivity index (χ0v) is 11.9. The van der Waals surface area contributed by atoms with Crippen LogP contribution in [0.25, 0.3) is 0 Å². The van der Waals surface area contributed by atoms with Crippen molar-refractivity contribution in [1.29, 1.82) is 0 Å². The molecule has 1 N–H and O–H groups in total. The fraction of sp³-hybridized carbons (Fsp3) is 0.333. The Morgan fingerprint density at radius 1 is 0.900 bits per heavy atom. The van der Waals surface area contributed by atoms with Gasteiger partial charge in [-0.2, -0.15) is 0 Å². The lowest BCUT2D eigenvalue weighted by Crippen LogP contribution is -2.29. The third-order valence-electron chi connectivity index (χ3n) is 3.93. The second kappa shape index (κ2) is 6.47. The van der Waals surface area contributed by atoms with E-state index in [2.05, 4.69) is 64.8 Å². The summed E-state index contributed by atoms with van der Waals surface area (Å²) < 4.78 is 0. The van der Waals surface area contributed by atoms with Gasteiger partial charge in [-0.1, -0.05) is 42.5 Å². The van der Waals surface area contributed by atoms with Gasteiger partial charge in [0.15, 0.2) is 0 Å². The fourth-order valence-electron chi connectivity index (χ4n) is 2.81. The molecule has 1 aliphatic heterocycles. The molecule has 0 amide bonds. The minimum absolute atomic E-state index is 1.09. The van der Waals surface area contributed by atoms with Crippen LogP contribution >= 0.6 is 0 Å². The first-order valence-corrected chi connectivity index (χ1v) is 7.55. The molecule has 104 valence electrons. The molecule has 1 aliphatic rings. The lowest BCUT2D eigenvalue weighted by molar-refractivity contribution is 0.688. The van der Waals surface area contributed by atoms with Crippen LogP contribution in [-0.2, 0) is 6.42 Å². The highest BCUT2D eigenvalue weighted by atomic mass is 15.1. The first-order valence-electron chi connectivity index (χ1n) is 7.55. The van der Waals surface area contributed by atoms with Gasteiger partial charge in [0.2, 0.25) is 0 Å². The van der Waals surface area contributed by atoms with Crippen LogP contribution in [0.5, 0.6) is 0 Å². The summed E-state index contributed by atoms with van der Waals surface area (Å²) in [5, 5.41) is 3.55.